The molecule has 0 unspecified atom stereocenters. The van der Waals surface area contributed by atoms with Crippen molar-refractivity contribution in [2.24, 2.45) is 0 Å². The third-order valence-corrected chi connectivity index (χ3v) is 2.98. The van der Waals surface area contributed by atoms with Crippen LogP contribution in [0.5, 0.6) is 5.88 Å². The minimum atomic E-state index is -0.783. The summed E-state index contributed by atoms with van der Waals surface area (Å²) in [6, 6.07) is 0. The van der Waals surface area contributed by atoms with E-state index in [1.54, 1.807) is 13.1 Å². The van der Waals surface area contributed by atoms with E-state index < -0.39 is 24.1 Å². The fraction of sp³-hybridized carbons (Fsp3) is 0.636. The lowest BCUT2D eigenvalue weighted by Crippen LogP contribution is -2.28. The van der Waals surface area contributed by atoms with Gasteiger partial charge < -0.3 is 19.7 Å². The van der Waals surface area contributed by atoms with Gasteiger partial charge in [0.1, 0.15) is 12.3 Å². The Morgan fingerprint density at radius 3 is 2.94 bits per heavy atom. The van der Waals surface area contributed by atoms with Crippen LogP contribution in [0.2, 0.25) is 0 Å². The standard InChI is InChI=1S/C11H16N2O5/c1-6-4-13(11(16)12-10(6)17-2)9-3-7(15)8(5-14)18-9/h4,7-9,14-15H,3,5H2,1-2H3/t7-,8+,9-/m1/s1. The molecule has 1 aliphatic heterocycles. The predicted molar refractivity (Wildman–Crippen MR) is 61.4 cm³/mol. The topological polar surface area (TPSA) is 93.8 Å². The molecule has 2 N–H and O–H groups in total. The average Bonchev–Trinajstić information content (AvgIpc) is 2.72. The molecular formula is C11H16N2O5. The smallest absolute Gasteiger partial charge is 0.352 e. The van der Waals surface area contributed by atoms with Crippen LogP contribution in [-0.4, -0.2) is 45.7 Å². The molecular weight excluding hydrogens is 240 g/mol. The van der Waals surface area contributed by atoms with Crippen molar-refractivity contribution in [1.29, 1.82) is 0 Å². The second-order valence-electron chi connectivity index (χ2n) is 4.24. The number of ether oxygens (including phenoxy) is 2. The first-order chi connectivity index (χ1) is 8.56. The van der Waals surface area contributed by atoms with Crippen LogP contribution in [0.3, 0.4) is 0 Å². The maximum absolute atomic E-state index is 11.8. The molecule has 1 aliphatic rings. The molecule has 0 aromatic carbocycles. The second-order valence-corrected chi connectivity index (χ2v) is 4.24. The lowest BCUT2D eigenvalue weighted by molar-refractivity contribution is -0.0460. The number of hydrogen-bond donors (Lipinski definition) is 2. The fourth-order valence-corrected chi connectivity index (χ4v) is 2.02. The zero-order valence-corrected chi connectivity index (χ0v) is 10.2. The van der Waals surface area contributed by atoms with E-state index in [-0.39, 0.29) is 18.9 Å². The minimum Gasteiger partial charge on any atom is -0.481 e. The Hall–Kier alpha value is -1.44. The van der Waals surface area contributed by atoms with E-state index in [4.69, 9.17) is 14.6 Å². The molecule has 7 heteroatoms. The van der Waals surface area contributed by atoms with Gasteiger partial charge in [-0.2, -0.15) is 4.98 Å². The first kappa shape index (κ1) is 13.0. The van der Waals surface area contributed by atoms with E-state index in [1.165, 1.54) is 11.7 Å². The van der Waals surface area contributed by atoms with Crippen LogP contribution < -0.4 is 10.4 Å². The van der Waals surface area contributed by atoms with E-state index in [1.807, 2.05) is 0 Å². The summed E-state index contributed by atoms with van der Waals surface area (Å²) in [6.07, 6.45) is -0.232. The molecule has 1 saturated heterocycles. The number of aryl methyl sites for hydroxylation is 1. The van der Waals surface area contributed by atoms with Crippen molar-refractivity contribution >= 4 is 0 Å². The van der Waals surface area contributed by atoms with Crippen LogP contribution in [0, 0.1) is 6.92 Å². The molecule has 1 fully saturated rings. The molecule has 1 aromatic heterocycles. The van der Waals surface area contributed by atoms with Gasteiger partial charge >= 0.3 is 5.69 Å². The predicted octanol–water partition coefficient (Wildman–Crippen LogP) is -0.799. The monoisotopic (exact) mass is 256 g/mol. The first-order valence-electron chi connectivity index (χ1n) is 5.65. The molecule has 0 bridgehead atoms. The van der Waals surface area contributed by atoms with Gasteiger partial charge in [0.05, 0.1) is 19.8 Å². The summed E-state index contributed by atoms with van der Waals surface area (Å²) in [7, 11) is 1.44. The Balaban J connectivity index is 2.30. The van der Waals surface area contributed by atoms with E-state index in [0.717, 1.165) is 0 Å². The van der Waals surface area contributed by atoms with Crippen LogP contribution in [-0.2, 0) is 4.74 Å². The molecule has 0 saturated carbocycles. The zero-order chi connectivity index (χ0) is 13.3. The molecule has 100 valence electrons. The van der Waals surface area contributed by atoms with Crippen molar-refractivity contribution in [1.82, 2.24) is 9.55 Å². The van der Waals surface area contributed by atoms with Crippen molar-refractivity contribution in [2.45, 2.75) is 31.8 Å². The summed E-state index contributed by atoms with van der Waals surface area (Å²) in [5.74, 6) is 0.272. The Bertz CT molecular complexity index is 487. The van der Waals surface area contributed by atoms with Crippen LogP contribution in [0.4, 0.5) is 0 Å². The molecule has 0 aliphatic carbocycles. The van der Waals surface area contributed by atoms with Gasteiger partial charge in [0.25, 0.3) is 0 Å². The van der Waals surface area contributed by atoms with Gasteiger partial charge in [-0.3, -0.25) is 4.57 Å². The molecule has 18 heavy (non-hydrogen) atoms. The van der Waals surface area contributed by atoms with Crippen LogP contribution in [0.25, 0.3) is 0 Å². The molecule has 7 nitrogen and oxygen atoms in total. The summed E-state index contributed by atoms with van der Waals surface area (Å²) in [4.78, 5) is 15.6. The van der Waals surface area contributed by atoms with Crippen molar-refractivity contribution < 1.29 is 19.7 Å². The van der Waals surface area contributed by atoms with Crippen molar-refractivity contribution in [2.75, 3.05) is 13.7 Å². The Kier molecular flexibility index (Phi) is 3.65. The van der Waals surface area contributed by atoms with Crippen LogP contribution in [0.1, 0.15) is 18.2 Å². The third kappa shape index (κ3) is 2.24. The minimum absolute atomic E-state index is 0.249. The number of nitrogens with zero attached hydrogens (tertiary/aromatic N) is 2. The Morgan fingerprint density at radius 1 is 1.67 bits per heavy atom. The van der Waals surface area contributed by atoms with Gasteiger partial charge in [0.2, 0.25) is 5.88 Å². The Morgan fingerprint density at radius 2 is 2.39 bits per heavy atom. The summed E-state index contributed by atoms with van der Waals surface area (Å²) in [5, 5.41) is 18.6. The normalized spacial score (nSPS) is 27.4. The number of methoxy groups -OCH3 is 1. The highest BCUT2D eigenvalue weighted by Gasteiger charge is 2.35. The van der Waals surface area contributed by atoms with Gasteiger partial charge in [-0.05, 0) is 6.92 Å². The second kappa shape index (κ2) is 5.05. The summed E-state index contributed by atoms with van der Waals surface area (Å²) >= 11 is 0. The maximum Gasteiger partial charge on any atom is 0.352 e. The highest BCUT2D eigenvalue weighted by Crippen LogP contribution is 2.27. The van der Waals surface area contributed by atoms with E-state index in [2.05, 4.69) is 4.98 Å². The maximum atomic E-state index is 11.8. The van der Waals surface area contributed by atoms with Crippen LogP contribution in [0.15, 0.2) is 11.0 Å². The quantitative estimate of drug-likeness (QED) is 0.735. The molecule has 1 aromatic rings. The van der Waals surface area contributed by atoms with Crippen molar-refractivity contribution in [3.63, 3.8) is 0 Å². The van der Waals surface area contributed by atoms with E-state index in [9.17, 15) is 9.90 Å². The molecule has 0 amide bonds. The van der Waals surface area contributed by atoms with Gasteiger partial charge in [0.15, 0.2) is 0 Å². The van der Waals surface area contributed by atoms with Crippen molar-refractivity contribution in [3.05, 3.63) is 22.2 Å². The number of rotatable bonds is 3. The molecule has 0 spiro atoms. The Labute approximate surface area is 104 Å². The summed E-state index contributed by atoms with van der Waals surface area (Å²) < 4.78 is 11.7. The molecule has 3 atom stereocenters. The summed E-state index contributed by atoms with van der Waals surface area (Å²) in [5.41, 5.74) is 0.191. The molecule has 0 radical (unpaired) electrons. The van der Waals surface area contributed by atoms with Gasteiger partial charge in [-0.1, -0.05) is 0 Å². The average molecular weight is 256 g/mol. The highest BCUT2D eigenvalue weighted by atomic mass is 16.5. The number of aliphatic hydroxyl groups excluding tert-OH is 2. The van der Waals surface area contributed by atoms with E-state index in [0.29, 0.717) is 5.56 Å². The van der Waals surface area contributed by atoms with E-state index >= 15 is 0 Å². The SMILES string of the molecule is COc1nc(=O)n([C@H]2C[C@@H](O)[C@H](CO)O2)cc1C. The molecule has 2 rings (SSSR count). The lowest BCUT2D eigenvalue weighted by atomic mass is 10.2. The van der Waals surface area contributed by atoms with Gasteiger partial charge in [-0.15, -0.1) is 0 Å². The number of aromatic nitrogens is 2. The highest BCUT2D eigenvalue weighted by molar-refractivity contribution is 5.20. The molecule has 2 heterocycles. The summed E-state index contributed by atoms with van der Waals surface area (Å²) in [6.45, 7) is 1.48. The zero-order valence-electron chi connectivity index (χ0n) is 10.2. The number of hydrogen-bond acceptors (Lipinski definition) is 6. The van der Waals surface area contributed by atoms with Crippen molar-refractivity contribution in [3.8, 4) is 5.88 Å². The van der Waals surface area contributed by atoms with Gasteiger partial charge in [0, 0.05) is 18.2 Å². The lowest BCUT2D eigenvalue weighted by Gasteiger charge is -2.15. The first-order valence-corrected chi connectivity index (χ1v) is 5.65. The fourth-order valence-electron chi connectivity index (χ4n) is 2.02. The number of aliphatic hydroxyl groups is 2. The largest absolute Gasteiger partial charge is 0.481 e. The van der Waals surface area contributed by atoms with Gasteiger partial charge in [-0.25, -0.2) is 4.79 Å². The third-order valence-electron chi connectivity index (χ3n) is 2.98. The van der Waals surface area contributed by atoms with Crippen LogP contribution >= 0.6 is 0 Å².